The monoisotopic (exact) mass is 225 g/mol. The first-order valence-electron chi connectivity index (χ1n) is 4.90. The summed E-state index contributed by atoms with van der Waals surface area (Å²) in [7, 11) is 0. The highest BCUT2D eigenvalue weighted by Crippen LogP contribution is 2.06. The fourth-order valence-electron chi connectivity index (χ4n) is 1.03. The molecule has 0 atom stereocenters. The number of carbonyl (C=O) groups is 2. The van der Waals surface area contributed by atoms with Crippen LogP contribution in [-0.2, 0) is 16.0 Å². The molecule has 0 saturated carbocycles. The summed E-state index contributed by atoms with van der Waals surface area (Å²) in [6, 6.07) is 1.91. The number of carbonyl (C=O) groups excluding carboxylic acids is 2. The molecule has 0 spiro atoms. The normalized spacial score (nSPS) is 10.3. The molecule has 15 heavy (non-hydrogen) atoms. The second kappa shape index (κ2) is 5.66. The highest BCUT2D eigenvalue weighted by molar-refractivity contribution is 7.07. The number of hydrogen-bond acceptors (Lipinski definition) is 3. The van der Waals surface area contributed by atoms with E-state index in [0.29, 0.717) is 6.42 Å². The van der Waals surface area contributed by atoms with Crippen LogP contribution in [0.15, 0.2) is 16.8 Å². The Bertz CT molecular complexity index is 330. The summed E-state index contributed by atoms with van der Waals surface area (Å²) in [5.74, 6) is -0.0532. The van der Waals surface area contributed by atoms with Crippen LogP contribution >= 0.6 is 11.3 Å². The molecule has 0 aliphatic heterocycles. The van der Waals surface area contributed by atoms with Gasteiger partial charge in [0, 0.05) is 5.92 Å². The van der Waals surface area contributed by atoms with Crippen molar-refractivity contribution >= 4 is 23.0 Å². The Balaban J connectivity index is 2.28. The largest absolute Gasteiger partial charge is 0.349 e. The van der Waals surface area contributed by atoms with Gasteiger partial charge in [-0.2, -0.15) is 11.3 Å². The van der Waals surface area contributed by atoms with Crippen LogP contribution in [0.1, 0.15) is 19.4 Å². The Hall–Kier alpha value is -1.16. The molecule has 0 aromatic carbocycles. The van der Waals surface area contributed by atoms with Gasteiger partial charge in [-0.05, 0) is 22.4 Å². The second-order valence-electron chi connectivity index (χ2n) is 3.71. The van der Waals surface area contributed by atoms with Gasteiger partial charge in [-0.25, -0.2) is 0 Å². The van der Waals surface area contributed by atoms with Gasteiger partial charge in [-0.3, -0.25) is 9.59 Å². The summed E-state index contributed by atoms with van der Waals surface area (Å²) in [6.07, 6.45) is 0.356. The predicted molar refractivity (Wildman–Crippen MR) is 60.9 cm³/mol. The van der Waals surface area contributed by atoms with Gasteiger partial charge in [0.2, 0.25) is 5.91 Å². The SMILES string of the molecule is CC(C)C(=O)CNC(=O)Cc1ccsc1. The first-order valence-corrected chi connectivity index (χ1v) is 5.84. The lowest BCUT2D eigenvalue weighted by Gasteiger charge is -2.05. The highest BCUT2D eigenvalue weighted by Gasteiger charge is 2.09. The Morgan fingerprint density at radius 2 is 2.20 bits per heavy atom. The van der Waals surface area contributed by atoms with Gasteiger partial charge in [0.1, 0.15) is 0 Å². The molecule has 1 rings (SSSR count). The van der Waals surface area contributed by atoms with Crippen molar-refractivity contribution in [1.29, 1.82) is 0 Å². The zero-order valence-electron chi connectivity index (χ0n) is 8.95. The van der Waals surface area contributed by atoms with Gasteiger partial charge in [0.15, 0.2) is 5.78 Å². The summed E-state index contributed by atoms with van der Waals surface area (Å²) in [6.45, 7) is 3.79. The topological polar surface area (TPSA) is 46.2 Å². The zero-order chi connectivity index (χ0) is 11.3. The minimum Gasteiger partial charge on any atom is -0.349 e. The average Bonchev–Trinajstić information content (AvgIpc) is 2.66. The fourth-order valence-corrected chi connectivity index (χ4v) is 1.70. The number of amides is 1. The maximum atomic E-state index is 11.4. The van der Waals surface area contributed by atoms with Crippen molar-refractivity contribution in [1.82, 2.24) is 5.32 Å². The van der Waals surface area contributed by atoms with Crippen molar-refractivity contribution in [3.8, 4) is 0 Å². The number of thiophene rings is 1. The number of nitrogens with one attached hydrogen (secondary N) is 1. The van der Waals surface area contributed by atoms with E-state index >= 15 is 0 Å². The van der Waals surface area contributed by atoms with Gasteiger partial charge < -0.3 is 5.32 Å². The van der Waals surface area contributed by atoms with E-state index in [2.05, 4.69) is 5.32 Å². The number of ketones is 1. The van der Waals surface area contributed by atoms with E-state index in [4.69, 9.17) is 0 Å². The lowest BCUT2D eigenvalue weighted by molar-refractivity contribution is -0.126. The van der Waals surface area contributed by atoms with E-state index in [0.717, 1.165) is 5.56 Å². The molecule has 0 aliphatic rings. The van der Waals surface area contributed by atoms with Crippen LogP contribution in [0.25, 0.3) is 0 Å². The van der Waals surface area contributed by atoms with E-state index in [1.54, 1.807) is 11.3 Å². The van der Waals surface area contributed by atoms with E-state index in [1.165, 1.54) is 0 Å². The van der Waals surface area contributed by atoms with Crippen LogP contribution in [0, 0.1) is 5.92 Å². The molecule has 0 saturated heterocycles. The minimum atomic E-state index is -0.0950. The maximum absolute atomic E-state index is 11.4. The Labute approximate surface area is 93.5 Å². The number of hydrogen-bond donors (Lipinski definition) is 1. The molecule has 0 aliphatic carbocycles. The first-order chi connectivity index (χ1) is 7.09. The van der Waals surface area contributed by atoms with E-state index in [-0.39, 0.29) is 24.2 Å². The number of Topliss-reactive ketones (excluding diaryl/α,β-unsaturated/α-hetero) is 1. The number of rotatable bonds is 5. The van der Waals surface area contributed by atoms with Crippen molar-refractivity contribution in [3.05, 3.63) is 22.4 Å². The molecule has 3 nitrogen and oxygen atoms in total. The molecule has 82 valence electrons. The first kappa shape index (κ1) is 11.9. The van der Waals surface area contributed by atoms with Gasteiger partial charge in [0.05, 0.1) is 13.0 Å². The Kier molecular flexibility index (Phi) is 4.49. The lowest BCUT2D eigenvalue weighted by atomic mass is 10.1. The highest BCUT2D eigenvalue weighted by atomic mass is 32.1. The fraction of sp³-hybridized carbons (Fsp3) is 0.455. The predicted octanol–water partition coefficient (Wildman–Crippen LogP) is 1.63. The molecule has 4 heteroatoms. The molecule has 0 bridgehead atoms. The van der Waals surface area contributed by atoms with Crippen molar-refractivity contribution in [3.63, 3.8) is 0 Å². The Morgan fingerprint density at radius 3 is 2.73 bits per heavy atom. The van der Waals surface area contributed by atoms with E-state index < -0.39 is 0 Å². The molecule has 1 heterocycles. The van der Waals surface area contributed by atoms with Crippen LogP contribution in [0.4, 0.5) is 0 Å². The minimum absolute atomic E-state index is 0.0218. The van der Waals surface area contributed by atoms with Crippen molar-refractivity contribution in [2.45, 2.75) is 20.3 Å². The third-order valence-electron chi connectivity index (χ3n) is 2.05. The van der Waals surface area contributed by atoms with Crippen molar-refractivity contribution in [2.75, 3.05) is 6.54 Å². The van der Waals surface area contributed by atoms with Gasteiger partial charge >= 0.3 is 0 Å². The summed E-state index contributed by atoms with van der Waals surface area (Å²) in [5.41, 5.74) is 0.995. The van der Waals surface area contributed by atoms with Crippen LogP contribution in [0.5, 0.6) is 0 Å². The summed E-state index contributed by atoms with van der Waals surface area (Å²) >= 11 is 1.56. The smallest absolute Gasteiger partial charge is 0.224 e. The molecule has 1 N–H and O–H groups in total. The molecule has 0 fully saturated rings. The summed E-state index contributed by atoms with van der Waals surface area (Å²) < 4.78 is 0. The van der Waals surface area contributed by atoms with Crippen LogP contribution in [-0.4, -0.2) is 18.2 Å². The quantitative estimate of drug-likeness (QED) is 0.828. The van der Waals surface area contributed by atoms with Crippen molar-refractivity contribution < 1.29 is 9.59 Å². The summed E-state index contributed by atoms with van der Waals surface area (Å²) in [4.78, 5) is 22.6. The molecule has 1 amide bonds. The average molecular weight is 225 g/mol. The van der Waals surface area contributed by atoms with E-state index in [9.17, 15) is 9.59 Å². The van der Waals surface area contributed by atoms with Gasteiger partial charge in [-0.1, -0.05) is 13.8 Å². The van der Waals surface area contributed by atoms with E-state index in [1.807, 2.05) is 30.7 Å². The zero-order valence-corrected chi connectivity index (χ0v) is 9.76. The third kappa shape index (κ3) is 4.25. The molecule has 0 radical (unpaired) electrons. The molecule has 0 unspecified atom stereocenters. The second-order valence-corrected chi connectivity index (χ2v) is 4.49. The standard InChI is InChI=1S/C11H15NO2S/c1-8(2)10(13)6-12-11(14)5-9-3-4-15-7-9/h3-4,7-8H,5-6H2,1-2H3,(H,12,14). The molecule has 1 aromatic heterocycles. The third-order valence-corrected chi connectivity index (χ3v) is 2.78. The van der Waals surface area contributed by atoms with Crippen LogP contribution < -0.4 is 5.32 Å². The summed E-state index contributed by atoms with van der Waals surface area (Å²) in [5, 5.41) is 6.48. The molecular weight excluding hydrogens is 210 g/mol. The van der Waals surface area contributed by atoms with Crippen molar-refractivity contribution in [2.24, 2.45) is 5.92 Å². The van der Waals surface area contributed by atoms with Gasteiger partial charge in [-0.15, -0.1) is 0 Å². The maximum Gasteiger partial charge on any atom is 0.224 e. The van der Waals surface area contributed by atoms with Crippen LogP contribution in [0.3, 0.4) is 0 Å². The lowest BCUT2D eigenvalue weighted by Crippen LogP contribution is -2.32. The van der Waals surface area contributed by atoms with Crippen LogP contribution in [0.2, 0.25) is 0 Å². The molecule has 1 aromatic rings. The van der Waals surface area contributed by atoms with Gasteiger partial charge in [0.25, 0.3) is 0 Å². The Morgan fingerprint density at radius 1 is 1.47 bits per heavy atom. The molecular formula is C11H15NO2S.